The SMILES string of the molecule is CC(C(=O)[O-])=C(c1ccccc1)c1ccccc1. The van der Waals surface area contributed by atoms with Gasteiger partial charge in [0, 0.05) is 0 Å². The predicted octanol–water partition coefficient (Wildman–Crippen LogP) is 2.26. The van der Waals surface area contributed by atoms with E-state index in [-0.39, 0.29) is 5.57 Å². The first-order valence-corrected chi connectivity index (χ1v) is 5.73. The van der Waals surface area contributed by atoms with Crippen molar-refractivity contribution in [1.82, 2.24) is 0 Å². The Bertz CT molecular complexity index is 527. The van der Waals surface area contributed by atoms with E-state index in [2.05, 4.69) is 0 Å². The Balaban J connectivity index is 2.64. The third-order valence-electron chi connectivity index (χ3n) is 2.81. The fraction of sp³-hybridized carbons (Fsp3) is 0.0625. The molecule has 0 aromatic heterocycles. The van der Waals surface area contributed by atoms with Gasteiger partial charge in [-0.1, -0.05) is 60.7 Å². The summed E-state index contributed by atoms with van der Waals surface area (Å²) in [5, 5.41) is 11.1. The van der Waals surface area contributed by atoms with E-state index in [1.165, 1.54) is 0 Å². The Labute approximate surface area is 106 Å². The molecule has 2 rings (SSSR count). The van der Waals surface area contributed by atoms with Gasteiger partial charge in [0.15, 0.2) is 0 Å². The lowest BCUT2D eigenvalue weighted by Gasteiger charge is -2.14. The van der Waals surface area contributed by atoms with Crippen LogP contribution in [0.5, 0.6) is 0 Å². The first kappa shape index (κ1) is 12.1. The first-order chi connectivity index (χ1) is 8.70. The number of hydrogen-bond acceptors (Lipinski definition) is 2. The van der Waals surface area contributed by atoms with Gasteiger partial charge in [-0.25, -0.2) is 0 Å². The van der Waals surface area contributed by atoms with E-state index in [1.54, 1.807) is 6.92 Å². The molecule has 2 aromatic carbocycles. The van der Waals surface area contributed by atoms with Crippen LogP contribution >= 0.6 is 0 Å². The van der Waals surface area contributed by atoms with Crippen molar-refractivity contribution in [3.63, 3.8) is 0 Å². The number of rotatable bonds is 3. The highest BCUT2D eigenvalue weighted by Gasteiger charge is 2.08. The summed E-state index contributed by atoms with van der Waals surface area (Å²) in [6.45, 7) is 1.57. The lowest BCUT2D eigenvalue weighted by Crippen LogP contribution is -2.24. The van der Waals surface area contributed by atoms with Crippen molar-refractivity contribution in [2.45, 2.75) is 6.92 Å². The van der Waals surface area contributed by atoms with Gasteiger partial charge in [-0.3, -0.25) is 0 Å². The highest BCUT2D eigenvalue weighted by Crippen LogP contribution is 2.26. The van der Waals surface area contributed by atoms with Crippen LogP contribution < -0.4 is 5.11 Å². The van der Waals surface area contributed by atoms with Crippen molar-refractivity contribution in [2.24, 2.45) is 0 Å². The summed E-state index contributed by atoms with van der Waals surface area (Å²) in [5.41, 5.74) is 2.71. The Kier molecular flexibility index (Phi) is 3.58. The summed E-state index contributed by atoms with van der Waals surface area (Å²) in [6.07, 6.45) is 0. The van der Waals surface area contributed by atoms with Crippen LogP contribution in [0.2, 0.25) is 0 Å². The van der Waals surface area contributed by atoms with Crippen LogP contribution in [0.4, 0.5) is 0 Å². The lowest BCUT2D eigenvalue weighted by molar-refractivity contribution is -0.299. The highest BCUT2D eigenvalue weighted by molar-refractivity contribution is 5.99. The van der Waals surface area contributed by atoms with Gasteiger partial charge in [0.05, 0.1) is 5.97 Å². The summed E-state index contributed by atoms with van der Waals surface area (Å²) < 4.78 is 0. The van der Waals surface area contributed by atoms with Crippen molar-refractivity contribution >= 4 is 11.5 Å². The van der Waals surface area contributed by atoms with Gasteiger partial charge >= 0.3 is 0 Å². The van der Waals surface area contributed by atoms with E-state index in [9.17, 15) is 9.90 Å². The van der Waals surface area contributed by atoms with Crippen molar-refractivity contribution in [3.05, 3.63) is 77.4 Å². The third-order valence-corrected chi connectivity index (χ3v) is 2.81. The molecule has 0 aliphatic heterocycles. The Morgan fingerprint density at radius 3 is 1.56 bits per heavy atom. The van der Waals surface area contributed by atoms with Gasteiger partial charge in [-0.15, -0.1) is 0 Å². The summed E-state index contributed by atoms with van der Waals surface area (Å²) in [5.74, 6) is -1.14. The number of aliphatic carboxylic acids is 1. The molecule has 0 N–H and O–H groups in total. The van der Waals surface area contributed by atoms with Crippen molar-refractivity contribution in [3.8, 4) is 0 Å². The van der Waals surface area contributed by atoms with E-state index in [0.717, 1.165) is 11.1 Å². The van der Waals surface area contributed by atoms with Crippen LogP contribution in [0.15, 0.2) is 66.2 Å². The van der Waals surface area contributed by atoms with E-state index in [0.29, 0.717) is 5.57 Å². The molecule has 2 aromatic rings. The molecule has 0 spiro atoms. The molecule has 0 aliphatic rings. The molecule has 0 amide bonds. The minimum atomic E-state index is -1.14. The minimum absolute atomic E-state index is 0.243. The zero-order valence-corrected chi connectivity index (χ0v) is 10.1. The second-order valence-electron chi connectivity index (χ2n) is 4.02. The first-order valence-electron chi connectivity index (χ1n) is 5.73. The molecule has 0 atom stereocenters. The molecule has 0 heterocycles. The average molecular weight is 237 g/mol. The predicted molar refractivity (Wildman–Crippen MR) is 69.6 cm³/mol. The molecule has 2 heteroatoms. The second-order valence-corrected chi connectivity index (χ2v) is 4.02. The molecule has 0 bridgehead atoms. The second kappa shape index (κ2) is 5.32. The Morgan fingerprint density at radius 1 is 0.833 bits per heavy atom. The number of carboxylic acids is 1. The number of carboxylic acid groups (broad SMARTS) is 1. The van der Waals surface area contributed by atoms with Crippen LogP contribution in [0.1, 0.15) is 18.1 Å². The number of carbonyl (C=O) groups excluding carboxylic acids is 1. The third kappa shape index (κ3) is 2.48. The summed E-state index contributed by atoms with van der Waals surface area (Å²) >= 11 is 0. The summed E-state index contributed by atoms with van der Waals surface area (Å²) in [7, 11) is 0. The van der Waals surface area contributed by atoms with Crippen LogP contribution in [-0.4, -0.2) is 5.97 Å². The van der Waals surface area contributed by atoms with Gasteiger partial charge in [0.2, 0.25) is 0 Å². The molecular formula is C16H13O2-. The fourth-order valence-corrected chi connectivity index (χ4v) is 1.91. The van der Waals surface area contributed by atoms with E-state index in [1.807, 2.05) is 60.7 Å². The molecule has 90 valence electrons. The molecule has 18 heavy (non-hydrogen) atoms. The van der Waals surface area contributed by atoms with E-state index < -0.39 is 5.97 Å². The number of benzene rings is 2. The Hall–Kier alpha value is -2.35. The zero-order valence-electron chi connectivity index (χ0n) is 10.1. The number of hydrogen-bond donors (Lipinski definition) is 0. The van der Waals surface area contributed by atoms with Crippen LogP contribution in [0.3, 0.4) is 0 Å². The molecule has 0 unspecified atom stereocenters. The molecule has 2 nitrogen and oxygen atoms in total. The quantitative estimate of drug-likeness (QED) is 0.768. The normalized spacial score (nSPS) is 9.83. The van der Waals surface area contributed by atoms with Gasteiger partial charge in [-0.2, -0.15) is 0 Å². The van der Waals surface area contributed by atoms with E-state index >= 15 is 0 Å². The van der Waals surface area contributed by atoms with E-state index in [4.69, 9.17) is 0 Å². The maximum absolute atomic E-state index is 11.1. The largest absolute Gasteiger partial charge is 0.545 e. The monoisotopic (exact) mass is 237 g/mol. The standard InChI is InChI=1S/C16H14O2/c1-12(16(17)18)15(13-8-4-2-5-9-13)14-10-6-3-7-11-14/h2-11H,1H3,(H,17,18)/p-1. The van der Waals surface area contributed by atoms with Gasteiger partial charge < -0.3 is 9.90 Å². The van der Waals surface area contributed by atoms with Crippen LogP contribution in [-0.2, 0) is 4.79 Å². The maximum Gasteiger partial charge on any atom is 0.0678 e. The van der Waals surface area contributed by atoms with Crippen molar-refractivity contribution in [1.29, 1.82) is 0 Å². The number of carbonyl (C=O) groups is 1. The Morgan fingerprint density at radius 2 is 1.22 bits per heavy atom. The maximum atomic E-state index is 11.1. The molecule has 0 saturated carbocycles. The smallest absolute Gasteiger partial charge is 0.0678 e. The summed E-state index contributed by atoms with van der Waals surface area (Å²) in [4.78, 5) is 11.1. The molecule has 0 fully saturated rings. The summed E-state index contributed by atoms with van der Waals surface area (Å²) in [6, 6.07) is 19.0. The topological polar surface area (TPSA) is 40.1 Å². The van der Waals surface area contributed by atoms with Gasteiger partial charge in [-0.05, 0) is 29.2 Å². The molecule has 0 saturated heterocycles. The average Bonchev–Trinajstić information content (AvgIpc) is 2.41. The molecule has 0 aliphatic carbocycles. The lowest BCUT2D eigenvalue weighted by atomic mass is 9.94. The van der Waals surface area contributed by atoms with Gasteiger partial charge in [0.1, 0.15) is 0 Å². The fourth-order valence-electron chi connectivity index (χ4n) is 1.91. The van der Waals surface area contributed by atoms with Crippen molar-refractivity contribution in [2.75, 3.05) is 0 Å². The van der Waals surface area contributed by atoms with Crippen molar-refractivity contribution < 1.29 is 9.90 Å². The zero-order chi connectivity index (χ0) is 13.0. The molecule has 0 radical (unpaired) electrons. The molecular weight excluding hydrogens is 224 g/mol. The van der Waals surface area contributed by atoms with Gasteiger partial charge in [0.25, 0.3) is 0 Å². The van der Waals surface area contributed by atoms with Crippen LogP contribution in [0.25, 0.3) is 5.57 Å². The highest BCUT2D eigenvalue weighted by atomic mass is 16.4. The van der Waals surface area contributed by atoms with Crippen LogP contribution in [0, 0.1) is 0 Å². The minimum Gasteiger partial charge on any atom is -0.545 e.